The zero-order valence-electron chi connectivity index (χ0n) is 77.2. The van der Waals surface area contributed by atoms with Crippen LogP contribution in [0.2, 0.25) is 0 Å². The topological polar surface area (TPSA) is 391 Å². The van der Waals surface area contributed by atoms with Gasteiger partial charge in [-0.3, -0.25) is 58.8 Å². The highest BCUT2D eigenvalue weighted by molar-refractivity contribution is 6.10. The molecule has 36 heteroatoms. The van der Waals surface area contributed by atoms with E-state index in [0.29, 0.717) is 158 Å². The van der Waals surface area contributed by atoms with E-state index in [0.717, 1.165) is 61.0 Å². The third kappa shape index (κ3) is 26.3. The smallest absolute Gasteiger partial charge is 0.410 e. The summed E-state index contributed by atoms with van der Waals surface area (Å²) >= 11 is 0. The van der Waals surface area contributed by atoms with Crippen LogP contribution in [-0.2, 0) is 23.9 Å². The van der Waals surface area contributed by atoms with Crippen molar-refractivity contribution in [3.63, 3.8) is 0 Å². The SMILES string of the molecule is CCN(CC)C(=O)CNC(=O)c1ccc2n[nH]c(/C=C/c3ccc(F)cc3)c2c1OC.COc1c(C(=O)NCC(=O)N2CCN(C(=O)OC(C)(C)C)CC2)ccc2n[nH]c(/C=C/c3ccc(F)cc3)c12.COc1c(C(=O)NCC(=O)N2CCN(C)CC2)ccc2n[nH]c(/C=C/c3ccc(F)cc3)c12.COc1c(C(=O)NCC(=O)NC2CCCCC2)ccc2n[nH]c(/C=C/c3ccc(F)cc3)c12. The summed E-state index contributed by atoms with van der Waals surface area (Å²) in [7, 11) is 7.93. The number of aromatic amines is 4. The first-order valence-electron chi connectivity index (χ1n) is 44.4. The summed E-state index contributed by atoms with van der Waals surface area (Å²) in [4.78, 5) is 122. The lowest BCUT2D eigenvalue weighted by Gasteiger charge is -2.35. The van der Waals surface area contributed by atoms with Gasteiger partial charge in [0.05, 0.1) is 143 Å². The Balaban J connectivity index is 0.000000164. The van der Waals surface area contributed by atoms with Crippen LogP contribution in [-0.4, -0.2) is 257 Å². The van der Waals surface area contributed by atoms with E-state index in [1.54, 1.807) is 174 Å². The Morgan fingerprint density at radius 1 is 0.390 bits per heavy atom. The third-order valence-corrected chi connectivity index (χ3v) is 22.7. The standard InChI is InChI=1S/C28H32FN5O5.C25H27FN4O3.C24H26FN5O3.C23H25FN4O3/c1-28(2,3)39-27(37)34-15-13-33(14-16-34)23(35)17-30-26(36)20-10-12-22-24(25(20)38-4)21(31-32-22)11-7-18-5-8-19(29)9-6-18;1-33-24-19(25(32)27-15-22(31)28-18-5-3-2-4-6-18)12-14-21-23(24)20(29-30-21)13-9-16-7-10-17(26)11-8-16;1-29-11-13-30(14-12-29)21(31)15-26-24(32)18-8-10-20-22(23(18)33-2)19(27-28-20)9-5-16-3-6-17(25)7-4-16;1-4-28(5-2)20(29)14-25-23(30)17-11-13-19-21(22(17)31-3)18(26-27-19)12-8-15-6-9-16(24)10-7-15/h5-12H,13-17H2,1-4H3,(H,30,36)(H,31,32);7-14,18H,2-6,15H2,1H3,(H,27,32)(H,28,31)(H,29,30);3-10H,11-15H2,1-2H3,(H,26,32)(H,27,28);6-13H,4-5,14H2,1-3H3,(H,25,30)(H,26,27)/b11-7+;13-9+;9-5+;12-8+. The minimum absolute atomic E-state index is 0.0769. The van der Waals surface area contributed by atoms with Crippen molar-refractivity contribution in [3.05, 3.63) is 236 Å². The lowest BCUT2D eigenvalue weighted by atomic mass is 9.95. The highest BCUT2D eigenvalue weighted by Crippen LogP contribution is 2.37. The first kappa shape index (κ1) is 99.5. The Morgan fingerprint density at radius 2 is 0.676 bits per heavy atom. The lowest BCUT2D eigenvalue weighted by molar-refractivity contribution is -0.132. The minimum atomic E-state index is -0.589. The average molecular weight is 1860 g/mol. The third-order valence-electron chi connectivity index (χ3n) is 22.7. The molecule has 712 valence electrons. The lowest BCUT2D eigenvalue weighted by Crippen LogP contribution is -2.53. The molecule has 15 rings (SSSR count). The van der Waals surface area contributed by atoms with Gasteiger partial charge in [0.15, 0.2) is 0 Å². The van der Waals surface area contributed by atoms with Crippen molar-refractivity contribution in [3.8, 4) is 23.0 Å². The number of aromatic nitrogens is 8. The van der Waals surface area contributed by atoms with Crippen molar-refractivity contribution in [1.82, 2.24) is 91.9 Å². The number of rotatable bonds is 27. The van der Waals surface area contributed by atoms with E-state index in [4.69, 9.17) is 23.7 Å². The molecule has 8 aromatic carbocycles. The van der Waals surface area contributed by atoms with Gasteiger partial charge in [0.2, 0.25) is 23.6 Å². The summed E-state index contributed by atoms with van der Waals surface area (Å²) in [5.74, 6) is -2.20. The molecular weight excluding hydrogens is 1750 g/mol. The van der Waals surface area contributed by atoms with E-state index in [9.17, 15) is 60.7 Å². The van der Waals surface area contributed by atoms with Crippen LogP contribution in [0.3, 0.4) is 0 Å². The molecule has 1 aliphatic carbocycles. The highest BCUT2D eigenvalue weighted by atomic mass is 19.1. The maximum absolute atomic E-state index is 13.2. The molecular formula is C100H110F4N18O14. The summed E-state index contributed by atoms with van der Waals surface area (Å²) < 4.78 is 80.3. The van der Waals surface area contributed by atoms with Crippen LogP contribution in [0.1, 0.15) is 153 Å². The molecule has 12 aromatic rings. The molecule has 0 bridgehead atoms. The van der Waals surface area contributed by atoms with E-state index < -0.39 is 35.3 Å². The second kappa shape index (κ2) is 47.2. The fourth-order valence-electron chi connectivity index (χ4n) is 15.4. The molecule has 2 aliphatic heterocycles. The van der Waals surface area contributed by atoms with E-state index in [2.05, 4.69) is 72.3 Å². The van der Waals surface area contributed by atoms with Gasteiger partial charge in [-0.1, -0.05) is 92.1 Å². The number of benzene rings is 8. The second-order valence-electron chi connectivity index (χ2n) is 33.0. The first-order chi connectivity index (χ1) is 65.5. The van der Waals surface area contributed by atoms with Gasteiger partial charge in [0.25, 0.3) is 23.6 Å². The number of fused-ring (bicyclic) bond motifs is 4. The molecule has 2 saturated heterocycles. The number of likely N-dealkylation sites (N-methyl/N-ethyl adjacent to an activating group) is 2. The number of carbonyl (C=O) groups excluding carboxylic acids is 9. The van der Waals surface area contributed by atoms with Crippen LogP contribution in [0.25, 0.3) is 92.2 Å². The second-order valence-corrected chi connectivity index (χ2v) is 33.0. The Kier molecular flexibility index (Phi) is 34.6. The Morgan fingerprint density at radius 3 is 0.971 bits per heavy atom. The van der Waals surface area contributed by atoms with Crippen LogP contribution < -0.4 is 45.5 Å². The van der Waals surface area contributed by atoms with Crippen molar-refractivity contribution in [2.45, 2.75) is 78.4 Å². The predicted octanol–water partition coefficient (Wildman–Crippen LogP) is 13.6. The van der Waals surface area contributed by atoms with Gasteiger partial charge < -0.3 is 74.8 Å². The van der Waals surface area contributed by atoms with Crippen molar-refractivity contribution in [2.75, 3.05) is 127 Å². The quantitative estimate of drug-likeness (QED) is 0.0216. The van der Waals surface area contributed by atoms with Crippen molar-refractivity contribution in [1.29, 1.82) is 0 Å². The number of nitrogens with zero attached hydrogens (tertiary/aromatic N) is 9. The van der Waals surface area contributed by atoms with E-state index in [1.165, 1.54) is 83.4 Å². The molecule has 0 unspecified atom stereocenters. The highest BCUT2D eigenvalue weighted by Gasteiger charge is 2.31. The van der Waals surface area contributed by atoms with Crippen LogP contribution in [0.15, 0.2) is 146 Å². The molecule has 3 fully saturated rings. The number of H-pyrrole nitrogens is 4. The molecule has 0 spiro atoms. The summed E-state index contributed by atoms with van der Waals surface area (Å²) in [6.07, 6.45) is 19.4. The van der Waals surface area contributed by atoms with E-state index >= 15 is 0 Å². The maximum Gasteiger partial charge on any atom is 0.410 e. The Hall–Kier alpha value is -15.5. The van der Waals surface area contributed by atoms with Crippen molar-refractivity contribution >= 4 is 146 Å². The molecule has 1 saturated carbocycles. The van der Waals surface area contributed by atoms with Gasteiger partial charge >= 0.3 is 6.09 Å². The van der Waals surface area contributed by atoms with Gasteiger partial charge in [-0.25, -0.2) is 22.4 Å². The van der Waals surface area contributed by atoms with Crippen LogP contribution in [0, 0.1) is 23.3 Å². The Bertz CT molecular complexity index is 6360. The number of carbonyl (C=O) groups is 9. The molecule has 9 N–H and O–H groups in total. The molecule has 3 aliphatic rings. The minimum Gasteiger partial charge on any atom is -0.495 e. The largest absolute Gasteiger partial charge is 0.495 e. The summed E-state index contributed by atoms with van der Waals surface area (Å²) in [6, 6.07) is 37.8. The fourth-order valence-corrected chi connectivity index (χ4v) is 15.4. The summed E-state index contributed by atoms with van der Waals surface area (Å²) in [5, 5.41) is 45.1. The van der Waals surface area contributed by atoms with Gasteiger partial charge in [-0.2, -0.15) is 20.4 Å². The maximum atomic E-state index is 13.2. The van der Waals surface area contributed by atoms with Crippen LogP contribution in [0.5, 0.6) is 23.0 Å². The fraction of sp³-hybridized carbons (Fsp3) is 0.310. The Labute approximate surface area is 782 Å². The summed E-state index contributed by atoms with van der Waals surface area (Å²) in [5.41, 5.74) is 8.88. The van der Waals surface area contributed by atoms with Crippen LogP contribution in [0.4, 0.5) is 22.4 Å². The number of ether oxygens (including phenoxy) is 5. The zero-order valence-corrected chi connectivity index (χ0v) is 77.2. The summed E-state index contributed by atoms with van der Waals surface area (Å²) in [6.45, 7) is 14.2. The number of hydrogen-bond donors (Lipinski definition) is 9. The molecule has 4 aromatic heterocycles. The average Bonchev–Trinajstić information content (AvgIpc) is 1.63. The first-order valence-corrected chi connectivity index (χ1v) is 44.4. The molecule has 0 radical (unpaired) electrons. The van der Waals surface area contributed by atoms with E-state index in [1.807, 2.05) is 33.0 Å². The number of amides is 9. The number of hydrogen-bond acceptors (Lipinski definition) is 19. The molecule has 32 nitrogen and oxygen atoms in total. The monoisotopic (exact) mass is 1860 g/mol. The van der Waals surface area contributed by atoms with E-state index in [-0.39, 0.29) is 84.7 Å². The zero-order chi connectivity index (χ0) is 97.1. The van der Waals surface area contributed by atoms with Gasteiger partial charge in [-0.05, 0) is 198 Å². The molecule has 6 heterocycles. The van der Waals surface area contributed by atoms with Gasteiger partial charge in [0.1, 0.15) is 51.9 Å². The van der Waals surface area contributed by atoms with Crippen molar-refractivity contribution in [2.24, 2.45) is 0 Å². The molecule has 136 heavy (non-hydrogen) atoms. The van der Waals surface area contributed by atoms with Crippen LogP contribution >= 0.6 is 0 Å². The number of piperazine rings is 2. The van der Waals surface area contributed by atoms with Gasteiger partial charge in [0, 0.05) is 71.5 Å². The van der Waals surface area contributed by atoms with Crippen molar-refractivity contribution < 1.29 is 84.4 Å². The molecule has 0 atom stereocenters. The molecule has 9 amide bonds. The number of nitrogens with one attached hydrogen (secondary N) is 9. The van der Waals surface area contributed by atoms with Gasteiger partial charge in [-0.15, -0.1) is 0 Å². The predicted molar refractivity (Wildman–Crippen MR) is 513 cm³/mol. The normalized spacial score (nSPS) is 13.6. The number of methoxy groups -OCH3 is 4. The number of halogens is 4.